The molecule has 6 heteroatoms. The van der Waals surface area contributed by atoms with Crippen LogP contribution in [0.5, 0.6) is 0 Å². The van der Waals surface area contributed by atoms with Crippen molar-refractivity contribution < 1.29 is 4.79 Å². The lowest BCUT2D eigenvalue weighted by Gasteiger charge is -2.09. The zero-order valence-corrected chi connectivity index (χ0v) is 9.97. The van der Waals surface area contributed by atoms with E-state index < -0.39 is 6.04 Å². The summed E-state index contributed by atoms with van der Waals surface area (Å²) >= 11 is 0. The zero-order chi connectivity index (χ0) is 12.1. The molecule has 0 bridgehead atoms. The van der Waals surface area contributed by atoms with Crippen molar-refractivity contribution in [2.45, 2.75) is 45.8 Å². The molecule has 0 radical (unpaired) electrons. The fourth-order valence-electron chi connectivity index (χ4n) is 1.37. The minimum absolute atomic E-state index is 0.379. The second-order valence-corrected chi connectivity index (χ2v) is 4.05. The minimum Gasteiger partial charge on any atom is -0.368 e. The Labute approximate surface area is 95.2 Å². The minimum atomic E-state index is -0.403. The lowest BCUT2D eigenvalue weighted by Crippen LogP contribution is -2.26. The van der Waals surface area contributed by atoms with Gasteiger partial charge >= 0.3 is 0 Å². The predicted octanol–water partition coefficient (Wildman–Crippen LogP) is 0.213. The third kappa shape index (κ3) is 3.30. The molecule has 0 aliphatic rings. The fraction of sp³-hybridized carbons (Fsp3) is 0.700. The van der Waals surface area contributed by atoms with Crippen LogP contribution in [-0.4, -0.2) is 26.9 Å². The number of primary amides is 1. The highest BCUT2D eigenvalue weighted by Gasteiger charge is 2.16. The third-order valence-corrected chi connectivity index (χ3v) is 2.28. The lowest BCUT2D eigenvalue weighted by molar-refractivity contribution is -0.121. The highest BCUT2D eigenvalue weighted by atomic mass is 16.1. The van der Waals surface area contributed by atoms with E-state index in [1.54, 1.807) is 6.20 Å². The van der Waals surface area contributed by atoms with Crippen LogP contribution in [0.1, 0.15) is 38.9 Å². The lowest BCUT2D eigenvalue weighted by atomic mass is 10.2. The van der Waals surface area contributed by atoms with Gasteiger partial charge in [0.15, 0.2) is 0 Å². The standard InChI is InChI=1S/C10H19N5O/c1-4-9(10(11)16)15-6-8(13-14-15)5-12-7(2)3/h6-7,9,12H,4-5H2,1-3H3,(H2,11,16). The average molecular weight is 225 g/mol. The summed E-state index contributed by atoms with van der Waals surface area (Å²) in [5.41, 5.74) is 6.08. The van der Waals surface area contributed by atoms with Crippen molar-refractivity contribution in [1.29, 1.82) is 0 Å². The largest absolute Gasteiger partial charge is 0.368 e. The number of hydrogen-bond acceptors (Lipinski definition) is 4. The van der Waals surface area contributed by atoms with Crippen LogP contribution in [0.15, 0.2) is 6.20 Å². The SMILES string of the molecule is CCC(C(N)=O)n1cc(CNC(C)C)nn1. The maximum absolute atomic E-state index is 11.1. The molecule has 90 valence electrons. The highest BCUT2D eigenvalue weighted by Crippen LogP contribution is 2.09. The van der Waals surface area contributed by atoms with Crippen molar-refractivity contribution in [3.8, 4) is 0 Å². The van der Waals surface area contributed by atoms with E-state index in [4.69, 9.17) is 5.73 Å². The maximum Gasteiger partial charge on any atom is 0.242 e. The van der Waals surface area contributed by atoms with Gasteiger partial charge in [-0.1, -0.05) is 26.0 Å². The zero-order valence-electron chi connectivity index (χ0n) is 9.97. The van der Waals surface area contributed by atoms with E-state index in [1.165, 1.54) is 4.68 Å². The van der Waals surface area contributed by atoms with E-state index in [0.29, 0.717) is 19.0 Å². The molecule has 0 saturated heterocycles. The van der Waals surface area contributed by atoms with Crippen molar-refractivity contribution in [2.24, 2.45) is 5.73 Å². The molecule has 0 aliphatic carbocycles. The van der Waals surface area contributed by atoms with Crippen molar-refractivity contribution >= 4 is 5.91 Å². The number of amides is 1. The van der Waals surface area contributed by atoms with Gasteiger partial charge in [0.05, 0.1) is 11.9 Å². The number of nitrogens with one attached hydrogen (secondary N) is 1. The van der Waals surface area contributed by atoms with Crippen LogP contribution in [0.4, 0.5) is 0 Å². The first-order chi connectivity index (χ1) is 7.54. The first kappa shape index (κ1) is 12.6. The molecule has 1 aromatic heterocycles. The normalized spacial score (nSPS) is 13.0. The molecular weight excluding hydrogens is 206 g/mol. The van der Waals surface area contributed by atoms with Crippen LogP contribution in [0.25, 0.3) is 0 Å². The second kappa shape index (κ2) is 5.60. The van der Waals surface area contributed by atoms with Crippen LogP contribution in [-0.2, 0) is 11.3 Å². The van der Waals surface area contributed by atoms with E-state index in [0.717, 1.165) is 5.69 Å². The van der Waals surface area contributed by atoms with Crippen molar-refractivity contribution in [1.82, 2.24) is 20.3 Å². The van der Waals surface area contributed by atoms with Crippen LogP contribution >= 0.6 is 0 Å². The molecule has 1 heterocycles. The van der Waals surface area contributed by atoms with Crippen molar-refractivity contribution in [3.05, 3.63) is 11.9 Å². The number of hydrogen-bond donors (Lipinski definition) is 2. The van der Waals surface area contributed by atoms with Gasteiger partial charge in [0.25, 0.3) is 0 Å². The van der Waals surface area contributed by atoms with E-state index in [2.05, 4.69) is 29.5 Å². The summed E-state index contributed by atoms with van der Waals surface area (Å²) in [6, 6.07) is -0.0106. The number of aromatic nitrogens is 3. The molecule has 3 N–H and O–H groups in total. The molecule has 1 aromatic rings. The highest BCUT2D eigenvalue weighted by molar-refractivity contribution is 5.78. The van der Waals surface area contributed by atoms with Gasteiger partial charge in [-0.2, -0.15) is 0 Å². The summed E-state index contributed by atoms with van der Waals surface area (Å²) in [5.74, 6) is -0.379. The molecule has 0 spiro atoms. The molecule has 1 rings (SSSR count). The summed E-state index contributed by atoms with van der Waals surface area (Å²) < 4.78 is 1.53. The summed E-state index contributed by atoms with van der Waals surface area (Å²) in [4.78, 5) is 11.1. The van der Waals surface area contributed by atoms with E-state index >= 15 is 0 Å². The smallest absolute Gasteiger partial charge is 0.242 e. The Hall–Kier alpha value is -1.43. The number of rotatable bonds is 6. The number of nitrogens with zero attached hydrogens (tertiary/aromatic N) is 3. The monoisotopic (exact) mass is 225 g/mol. The maximum atomic E-state index is 11.1. The van der Waals surface area contributed by atoms with E-state index in [9.17, 15) is 4.79 Å². The predicted molar refractivity (Wildman–Crippen MR) is 60.5 cm³/mol. The summed E-state index contributed by atoms with van der Waals surface area (Å²) in [7, 11) is 0. The van der Waals surface area contributed by atoms with Crippen LogP contribution in [0.3, 0.4) is 0 Å². The molecule has 1 unspecified atom stereocenters. The second-order valence-electron chi connectivity index (χ2n) is 4.05. The Kier molecular flexibility index (Phi) is 4.42. The molecule has 0 fully saturated rings. The summed E-state index contributed by atoms with van der Waals surface area (Å²) in [5, 5.41) is 11.1. The van der Waals surface area contributed by atoms with Gasteiger partial charge < -0.3 is 11.1 Å². The molecular formula is C10H19N5O. The van der Waals surface area contributed by atoms with Crippen LogP contribution < -0.4 is 11.1 Å². The Balaban J connectivity index is 2.66. The number of carbonyl (C=O) groups excluding carboxylic acids is 1. The van der Waals surface area contributed by atoms with Gasteiger partial charge in [0.2, 0.25) is 5.91 Å². The van der Waals surface area contributed by atoms with Crippen molar-refractivity contribution in [2.75, 3.05) is 0 Å². The van der Waals surface area contributed by atoms with Gasteiger partial charge in [-0.25, -0.2) is 4.68 Å². The first-order valence-corrected chi connectivity index (χ1v) is 5.48. The van der Waals surface area contributed by atoms with Gasteiger partial charge in [0.1, 0.15) is 6.04 Å². The summed E-state index contributed by atoms with van der Waals surface area (Å²) in [6.45, 7) is 6.65. The summed E-state index contributed by atoms with van der Waals surface area (Å²) in [6.07, 6.45) is 2.38. The topological polar surface area (TPSA) is 85.8 Å². The molecule has 0 aromatic carbocycles. The van der Waals surface area contributed by atoms with E-state index in [1.807, 2.05) is 6.92 Å². The first-order valence-electron chi connectivity index (χ1n) is 5.48. The van der Waals surface area contributed by atoms with Crippen molar-refractivity contribution in [3.63, 3.8) is 0 Å². The molecule has 6 nitrogen and oxygen atoms in total. The quantitative estimate of drug-likeness (QED) is 0.724. The Morgan fingerprint density at radius 3 is 2.81 bits per heavy atom. The Morgan fingerprint density at radius 2 is 2.31 bits per heavy atom. The number of carbonyl (C=O) groups is 1. The average Bonchev–Trinajstić information content (AvgIpc) is 2.64. The van der Waals surface area contributed by atoms with Gasteiger partial charge in [-0.05, 0) is 6.42 Å². The van der Waals surface area contributed by atoms with E-state index in [-0.39, 0.29) is 5.91 Å². The fourth-order valence-corrected chi connectivity index (χ4v) is 1.37. The Morgan fingerprint density at radius 1 is 1.62 bits per heavy atom. The van der Waals surface area contributed by atoms with Crippen LogP contribution in [0.2, 0.25) is 0 Å². The third-order valence-electron chi connectivity index (χ3n) is 2.28. The molecule has 1 atom stereocenters. The Bertz CT molecular complexity index is 347. The molecule has 1 amide bonds. The molecule has 0 aliphatic heterocycles. The van der Waals surface area contributed by atoms with Gasteiger partial charge in [-0.3, -0.25) is 4.79 Å². The number of nitrogens with two attached hydrogens (primary N) is 1. The molecule has 16 heavy (non-hydrogen) atoms. The molecule has 0 saturated carbocycles. The van der Waals surface area contributed by atoms with Crippen LogP contribution in [0, 0.1) is 0 Å². The van der Waals surface area contributed by atoms with Gasteiger partial charge in [-0.15, -0.1) is 5.10 Å². The van der Waals surface area contributed by atoms with Gasteiger partial charge in [0, 0.05) is 12.6 Å².